The lowest BCUT2D eigenvalue weighted by Crippen LogP contribution is -2.46. The average Bonchev–Trinajstić information content (AvgIpc) is 3.48. The Labute approximate surface area is 264 Å². The van der Waals surface area contributed by atoms with Gasteiger partial charge in [0.1, 0.15) is 17.2 Å². The number of anilines is 1. The summed E-state index contributed by atoms with van der Waals surface area (Å²) in [4.78, 5) is 27.4. The number of piperidine rings is 2. The Hall–Kier alpha value is -4.40. The largest absolute Gasteiger partial charge is 0.497 e. The third-order valence-corrected chi connectivity index (χ3v) is 9.47. The molecule has 0 spiro atoms. The van der Waals surface area contributed by atoms with Gasteiger partial charge in [-0.3, -0.25) is 9.69 Å². The Morgan fingerprint density at radius 2 is 1.67 bits per heavy atom. The molecule has 3 aromatic carbocycles. The van der Waals surface area contributed by atoms with Crippen molar-refractivity contribution in [3.63, 3.8) is 0 Å². The zero-order valence-electron chi connectivity index (χ0n) is 26.1. The zero-order valence-corrected chi connectivity index (χ0v) is 26.1. The molecule has 45 heavy (non-hydrogen) atoms. The van der Waals surface area contributed by atoms with Gasteiger partial charge in [-0.2, -0.15) is 0 Å². The van der Waals surface area contributed by atoms with Gasteiger partial charge in [0.25, 0.3) is 5.91 Å². The zero-order chi connectivity index (χ0) is 30.8. The van der Waals surface area contributed by atoms with Crippen molar-refractivity contribution in [1.82, 2.24) is 19.8 Å². The number of pyridine rings is 1. The smallest absolute Gasteiger partial charge is 0.274 e. The number of ether oxygens (including phenoxy) is 2. The summed E-state index contributed by atoms with van der Waals surface area (Å²) in [6, 6.07) is 24.5. The highest BCUT2D eigenvalue weighted by Gasteiger charge is 2.25. The number of hydrogen-bond donors (Lipinski definition) is 2. The topological polar surface area (TPSA) is 82.7 Å². The lowest BCUT2D eigenvalue weighted by atomic mass is 9.99. The maximum atomic E-state index is 13.7. The number of nitrogens with one attached hydrogen (secondary N) is 2. The minimum absolute atomic E-state index is 0.261. The number of aromatic amines is 1. The Morgan fingerprint density at radius 3 is 2.42 bits per heavy atom. The molecule has 8 heteroatoms. The fourth-order valence-corrected chi connectivity index (χ4v) is 7.02. The van der Waals surface area contributed by atoms with Crippen molar-refractivity contribution in [3.05, 3.63) is 84.1 Å². The molecule has 2 saturated heterocycles. The highest BCUT2D eigenvalue weighted by Crippen LogP contribution is 2.38. The summed E-state index contributed by atoms with van der Waals surface area (Å²) >= 11 is 0. The summed E-state index contributed by atoms with van der Waals surface area (Å²) in [5.41, 5.74) is 5.59. The van der Waals surface area contributed by atoms with Gasteiger partial charge in [-0.05, 0) is 93.8 Å². The number of rotatable bonds is 8. The van der Waals surface area contributed by atoms with E-state index >= 15 is 0 Å². The number of aromatic nitrogens is 2. The molecule has 2 aliphatic rings. The number of fused-ring (bicyclic) bond motifs is 3. The number of carbonyl (C=O) groups is 1. The van der Waals surface area contributed by atoms with E-state index in [1.54, 1.807) is 14.2 Å². The van der Waals surface area contributed by atoms with Gasteiger partial charge in [0, 0.05) is 46.2 Å². The van der Waals surface area contributed by atoms with Gasteiger partial charge < -0.3 is 24.7 Å². The van der Waals surface area contributed by atoms with Gasteiger partial charge in [0.15, 0.2) is 0 Å². The summed E-state index contributed by atoms with van der Waals surface area (Å²) in [7, 11) is 3.25. The molecule has 2 aromatic heterocycles. The van der Waals surface area contributed by atoms with E-state index in [0.717, 1.165) is 58.7 Å². The first-order valence-electron chi connectivity index (χ1n) is 16.1. The van der Waals surface area contributed by atoms with Crippen LogP contribution in [0.5, 0.6) is 11.5 Å². The Morgan fingerprint density at radius 1 is 0.889 bits per heavy atom. The van der Waals surface area contributed by atoms with E-state index in [0.29, 0.717) is 22.9 Å². The summed E-state index contributed by atoms with van der Waals surface area (Å²) < 4.78 is 11.1. The first kappa shape index (κ1) is 29.3. The number of nitrogens with zero attached hydrogens (tertiary/aromatic N) is 3. The molecule has 0 bridgehead atoms. The molecule has 232 valence electrons. The van der Waals surface area contributed by atoms with E-state index < -0.39 is 0 Å². The van der Waals surface area contributed by atoms with E-state index in [4.69, 9.17) is 14.5 Å². The molecule has 2 N–H and O–H groups in total. The van der Waals surface area contributed by atoms with Gasteiger partial charge >= 0.3 is 0 Å². The van der Waals surface area contributed by atoms with Crippen molar-refractivity contribution < 1.29 is 14.3 Å². The van der Waals surface area contributed by atoms with Crippen LogP contribution >= 0.6 is 0 Å². The molecule has 8 nitrogen and oxygen atoms in total. The monoisotopic (exact) mass is 603 g/mol. The highest BCUT2D eigenvalue weighted by atomic mass is 16.5. The van der Waals surface area contributed by atoms with Crippen LogP contribution in [0.2, 0.25) is 0 Å². The molecule has 0 radical (unpaired) electrons. The van der Waals surface area contributed by atoms with Crippen LogP contribution in [0.1, 0.15) is 48.2 Å². The van der Waals surface area contributed by atoms with Crippen molar-refractivity contribution >= 4 is 33.4 Å². The van der Waals surface area contributed by atoms with Crippen LogP contribution in [-0.2, 0) is 6.54 Å². The molecule has 4 heterocycles. The maximum absolute atomic E-state index is 13.7. The van der Waals surface area contributed by atoms with E-state index in [1.807, 2.05) is 54.6 Å². The van der Waals surface area contributed by atoms with Gasteiger partial charge in [-0.15, -0.1) is 0 Å². The van der Waals surface area contributed by atoms with Crippen LogP contribution in [0.25, 0.3) is 33.1 Å². The fourth-order valence-electron chi connectivity index (χ4n) is 7.02. The van der Waals surface area contributed by atoms with Crippen molar-refractivity contribution in [1.29, 1.82) is 0 Å². The van der Waals surface area contributed by atoms with Gasteiger partial charge in [-0.1, -0.05) is 36.8 Å². The summed E-state index contributed by atoms with van der Waals surface area (Å²) in [6.07, 6.45) is 6.62. The molecule has 2 aliphatic heterocycles. The average molecular weight is 604 g/mol. The minimum atomic E-state index is -0.261. The maximum Gasteiger partial charge on any atom is 0.274 e. The lowest BCUT2D eigenvalue weighted by molar-refractivity contribution is 0.0896. The second-order valence-corrected chi connectivity index (χ2v) is 12.3. The molecule has 5 aromatic rings. The number of benzene rings is 3. The second kappa shape index (κ2) is 12.9. The number of para-hydroxylation sites is 1. The third-order valence-electron chi connectivity index (χ3n) is 9.47. The molecular weight excluding hydrogens is 562 g/mol. The lowest BCUT2D eigenvalue weighted by Gasteiger charge is -2.40. The molecule has 0 unspecified atom stereocenters. The predicted octanol–water partition coefficient (Wildman–Crippen LogP) is 7.10. The van der Waals surface area contributed by atoms with E-state index in [-0.39, 0.29) is 5.91 Å². The molecule has 0 aliphatic carbocycles. The van der Waals surface area contributed by atoms with Crippen LogP contribution < -0.4 is 14.8 Å². The highest BCUT2D eigenvalue weighted by molar-refractivity contribution is 6.14. The molecule has 2 fully saturated rings. The quantitative estimate of drug-likeness (QED) is 0.197. The van der Waals surface area contributed by atoms with Crippen molar-refractivity contribution in [2.24, 2.45) is 0 Å². The Bertz CT molecular complexity index is 1800. The molecule has 1 amide bonds. The van der Waals surface area contributed by atoms with E-state index in [2.05, 4.69) is 38.3 Å². The predicted molar refractivity (Wildman–Crippen MR) is 180 cm³/mol. The fraction of sp³-hybridized carbons (Fsp3) is 0.351. The van der Waals surface area contributed by atoms with Crippen molar-refractivity contribution in [2.45, 2.75) is 44.7 Å². The van der Waals surface area contributed by atoms with Gasteiger partial charge in [0.2, 0.25) is 0 Å². The standard InChI is InChI=1S/C37H41N5O3/c1-44-28-14-15-30(34(22-28)45-2)35-36-31(29-8-4-5-9-32(29)39-36)23-33(40-35)37(43)38-26-12-10-25(11-13-26)24-41-20-16-27(17-21-41)42-18-6-3-7-19-42/h4-5,8-15,22-23,27,39H,3,6-7,16-21,24H2,1-2H3,(H,38,43). The van der Waals surface area contributed by atoms with Crippen LogP contribution in [0.15, 0.2) is 72.8 Å². The summed E-state index contributed by atoms with van der Waals surface area (Å²) in [6.45, 7) is 5.78. The number of methoxy groups -OCH3 is 2. The minimum Gasteiger partial charge on any atom is -0.497 e. The van der Waals surface area contributed by atoms with Crippen LogP contribution in [-0.4, -0.2) is 72.1 Å². The van der Waals surface area contributed by atoms with Crippen molar-refractivity contribution in [2.75, 3.05) is 45.7 Å². The number of carbonyl (C=O) groups excluding carboxylic acids is 1. The number of hydrogen-bond acceptors (Lipinski definition) is 6. The van der Waals surface area contributed by atoms with Crippen LogP contribution in [0, 0.1) is 0 Å². The second-order valence-electron chi connectivity index (χ2n) is 12.3. The van der Waals surface area contributed by atoms with Crippen LogP contribution in [0.4, 0.5) is 5.69 Å². The molecule has 0 atom stereocenters. The first-order valence-corrected chi connectivity index (χ1v) is 16.1. The summed E-state index contributed by atoms with van der Waals surface area (Å²) in [5, 5.41) is 5.04. The first-order chi connectivity index (χ1) is 22.1. The Kier molecular flexibility index (Phi) is 8.41. The third kappa shape index (κ3) is 6.13. The molecule has 0 saturated carbocycles. The number of amides is 1. The van der Waals surface area contributed by atoms with Gasteiger partial charge in [-0.25, -0.2) is 4.98 Å². The van der Waals surface area contributed by atoms with Gasteiger partial charge in [0.05, 0.1) is 25.4 Å². The van der Waals surface area contributed by atoms with Crippen LogP contribution in [0.3, 0.4) is 0 Å². The SMILES string of the molecule is COc1ccc(-c2nc(C(=O)Nc3ccc(CN4CCC(N5CCCCC5)CC4)cc3)cc3c2[nH]c2ccccc23)c(OC)c1. The molecular formula is C37H41N5O3. The number of H-pyrrole nitrogens is 1. The normalized spacial score (nSPS) is 16.7. The van der Waals surface area contributed by atoms with Crippen molar-refractivity contribution in [3.8, 4) is 22.8 Å². The molecule has 7 rings (SSSR count). The Balaban J connectivity index is 1.09. The summed E-state index contributed by atoms with van der Waals surface area (Å²) in [5.74, 6) is 1.04. The van der Waals surface area contributed by atoms with E-state index in [9.17, 15) is 4.79 Å². The number of likely N-dealkylation sites (tertiary alicyclic amines) is 2. The van der Waals surface area contributed by atoms with E-state index in [1.165, 1.54) is 50.8 Å².